The number of aromatic nitrogens is 4. The molecule has 9 aromatic carbocycles. The van der Waals surface area contributed by atoms with Crippen LogP contribution in [0.15, 0.2) is 223 Å². The quantitative estimate of drug-likeness (QED) is 0.161. The zero-order valence-electron chi connectivity index (χ0n) is 33.5. The Bertz CT molecular complexity index is 3570. The largest absolute Gasteiger partial charge is 0.456 e. The SMILES string of the molecule is c1ccc(-c2nc(-c3ccccc3)nc(-c3cccc(-c4ccc5c(c4)oc4cccc(-c6ccccc6-c6ccc7c(c6)c6ccccc6n7-c6ccccc6)c45)c3)n2)cc1. The smallest absolute Gasteiger partial charge is 0.164 e. The van der Waals surface area contributed by atoms with Crippen molar-refractivity contribution in [3.05, 3.63) is 218 Å². The second-order valence-electron chi connectivity index (χ2n) is 15.6. The fourth-order valence-electron chi connectivity index (χ4n) is 8.97. The third-order valence-electron chi connectivity index (χ3n) is 11.9. The summed E-state index contributed by atoms with van der Waals surface area (Å²) in [5, 5.41) is 4.63. The van der Waals surface area contributed by atoms with E-state index < -0.39 is 0 Å². The molecule has 0 spiro atoms. The second kappa shape index (κ2) is 14.7. The summed E-state index contributed by atoms with van der Waals surface area (Å²) in [4.78, 5) is 14.8. The van der Waals surface area contributed by atoms with E-state index in [1.165, 1.54) is 32.9 Å². The summed E-state index contributed by atoms with van der Waals surface area (Å²) >= 11 is 0. The van der Waals surface area contributed by atoms with Crippen LogP contribution in [-0.4, -0.2) is 19.5 Å². The van der Waals surface area contributed by atoms with Crippen LogP contribution in [0.2, 0.25) is 0 Å². The third kappa shape index (κ3) is 6.06. The predicted molar refractivity (Wildman–Crippen MR) is 254 cm³/mol. The van der Waals surface area contributed by atoms with Gasteiger partial charge in [-0.25, -0.2) is 15.0 Å². The highest BCUT2D eigenvalue weighted by Gasteiger charge is 2.19. The Morgan fingerprint density at radius 2 is 0.855 bits per heavy atom. The first-order valence-electron chi connectivity index (χ1n) is 20.8. The molecule has 0 atom stereocenters. The van der Waals surface area contributed by atoms with Crippen LogP contribution in [-0.2, 0) is 0 Å². The summed E-state index contributed by atoms with van der Waals surface area (Å²) in [6.07, 6.45) is 0. The lowest BCUT2D eigenvalue weighted by atomic mass is 9.91. The van der Waals surface area contributed by atoms with Gasteiger partial charge in [-0.2, -0.15) is 0 Å². The summed E-state index contributed by atoms with van der Waals surface area (Å²) < 4.78 is 9.04. The van der Waals surface area contributed by atoms with Gasteiger partial charge in [-0.05, 0) is 88.0 Å². The zero-order valence-corrected chi connectivity index (χ0v) is 33.5. The molecule has 3 heterocycles. The summed E-state index contributed by atoms with van der Waals surface area (Å²) in [6, 6.07) is 76.4. The van der Waals surface area contributed by atoms with Crippen molar-refractivity contribution in [1.82, 2.24) is 19.5 Å². The molecule has 0 saturated heterocycles. The monoisotopic (exact) mass is 792 g/mol. The van der Waals surface area contributed by atoms with Gasteiger partial charge in [0.15, 0.2) is 17.5 Å². The van der Waals surface area contributed by atoms with E-state index in [4.69, 9.17) is 19.4 Å². The van der Waals surface area contributed by atoms with E-state index in [0.29, 0.717) is 17.5 Å². The number of benzene rings is 9. The Balaban J connectivity index is 0.945. The van der Waals surface area contributed by atoms with Gasteiger partial charge in [-0.3, -0.25) is 0 Å². The molecule has 0 unspecified atom stereocenters. The maximum atomic E-state index is 6.68. The number of hydrogen-bond acceptors (Lipinski definition) is 4. The van der Waals surface area contributed by atoms with Gasteiger partial charge in [-0.1, -0.05) is 164 Å². The standard InChI is InChI=1S/C57H36N4O/c1-4-16-37(17-5-1)55-58-56(38-18-6-2-7-19-38)60-57(59-55)42-21-14-20-39(34-42)40-30-32-48-53(36-40)62-52-29-15-27-47(54(48)52)45-25-11-10-24-44(45)41-31-33-51-49(35-41)46-26-12-13-28-50(46)61(51)43-22-8-3-9-23-43/h1-36H. The normalized spacial score (nSPS) is 11.5. The Morgan fingerprint density at radius 3 is 1.61 bits per heavy atom. The van der Waals surface area contributed by atoms with Crippen molar-refractivity contribution in [3.63, 3.8) is 0 Å². The Hall–Kier alpha value is -8.41. The zero-order chi connectivity index (χ0) is 41.0. The molecular weight excluding hydrogens is 757 g/mol. The van der Waals surface area contributed by atoms with Crippen LogP contribution in [0.1, 0.15) is 0 Å². The van der Waals surface area contributed by atoms with Crippen LogP contribution in [0.4, 0.5) is 0 Å². The number of fused-ring (bicyclic) bond motifs is 6. The average molecular weight is 793 g/mol. The van der Waals surface area contributed by atoms with Gasteiger partial charge < -0.3 is 8.98 Å². The molecular formula is C57H36N4O. The van der Waals surface area contributed by atoms with Crippen molar-refractivity contribution in [3.8, 4) is 73.2 Å². The predicted octanol–water partition coefficient (Wildman–Crippen LogP) is 14.9. The van der Waals surface area contributed by atoms with Gasteiger partial charge in [0, 0.05) is 43.9 Å². The molecule has 0 amide bonds. The number of nitrogens with zero attached hydrogens (tertiary/aromatic N) is 4. The minimum Gasteiger partial charge on any atom is -0.456 e. The lowest BCUT2D eigenvalue weighted by Gasteiger charge is -2.12. The number of para-hydroxylation sites is 2. The molecule has 12 aromatic rings. The summed E-state index contributed by atoms with van der Waals surface area (Å²) in [7, 11) is 0. The third-order valence-corrected chi connectivity index (χ3v) is 11.9. The van der Waals surface area contributed by atoms with Gasteiger partial charge in [0.2, 0.25) is 0 Å². The minimum atomic E-state index is 0.619. The highest BCUT2D eigenvalue weighted by Crippen LogP contribution is 2.43. The van der Waals surface area contributed by atoms with Crippen LogP contribution in [0.25, 0.3) is 117 Å². The number of furan rings is 1. The topological polar surface area (TPSA) is 56.7 Å². The molecule has 0 N–H and O–H groups in total. The minimum absolute atomic E-state index is 0.619. The first kappa shape index (κ1) is 35.5. The fraction of sp³-hybridized carbons (Fsp3) is 0. The van der Waals surface area contributed by atoms with Gasteiger partial charge >= 0.3 is 0 Å². The molecule has 0 aliphatic heterocycles. The molecule has 0 saturated carbocycles. The Labute approximate surface area is 357 Å². The second-order valence-corrected chi connectivity index (χ2v) is 15.6. The average Bonchev–Trinajstić information content (AvgIpc) is 3.90. The van der Waals surface area contributed by atoms with Crippen LogP contribution >= 0.6 is 0 Å². The van der Waals surface area contributed by atoms with E-state index in [1.807, 2.05) is 60.7 Å². The van der Waals surface area contributed by atoms with Gasteiger partial charge in [-0.15, -0.1) is 0 Å². The van der Waals surface area contributed by atoms with Gasteiger partial charge in [0.05, 0.1) is 11.0 Å². The van der Waals surface area contributed by atoms with Crippen molar-refractivity contribution in [1.29, 1.82) is 0 Å². The van der Waals surface area contributed by atoms with Crippen molar-refractivity contribution in [2.45, 2.75) is 0 Å². The fourth-order valence-corrected chi connectivity index (χ4v) is 8.97. The van der Waals surface area contributed by atoms with Gasteiger partial charge in [0.1, 0.15) is 11.2 Å². The Kier molecular flexibility index (Phi) is 8.42. The van der Waals surface area contributed by atoms with Crippen molar-refractivity contribution in [2.75, 3.05) is 0 Å². The van der Waals surface area contributed by atoms with Crippen LogP contribution < -0.4 is 0 Å². The molecule has 3 aromatic heterocycles. The highest BCUT2D eigenvalue weighted by molar-refractivity contribution is 6.15. The van der Waals surface area contributed by atoms with Gasteiger partial charge in [0.25, 0.3) is 0 Å². The van der Waals surface area contributed by atoms with E-state index in [0.717, 1.165) is 66.6 Å². The Morgan fingerprint density at radius 1 is 0.306 bits per heavy atom. The summed E-state index contributed by atoms with van der Waals surface area (Å²) in [6.45, 7) is 0. The number of hydrogen-bond donors (Lipinski definition) is 0. The number of rotatable bonds is 7. The van der Waals surface area contributed by atoms with E-state index in [-0.39, 0.29) is 0 Å². The van der Waals surface area contributed by atoms with Crippen molar-refractivity contribution >= 4 is 43.7 Å². The molecule has 290 valence electrons. The first-order chi connectivity index (χ1) is 30.7. The molecule has 0 aliphatic rings. The van der Waals surface area contributed by atoms with E-state index >= 15 is 0 Å². The maximum Gasteiger partial charge on any atom is 0.164 e. The van der Waals surface area contributed by atoms with Crippen LogP contribution in [0.3, 0.4) is 0 Å². The van der Waals surface area contributed by atoms with E-state index in [2.05, 4.69) is 162 Å². The van der Waals surface area contributed by atoms with Crippen molar-refractivity contribution < 1.29 is 4.42 Å². The highest BCUT2D eigenvalue weighted by atomic mass is 16.3. The van der Waals surface area contributed by atoms with Crippen LogP contribution in [0, 0.1) is 0 Å². The maximum absolute atomic E-state index is 6.68. The molecule has 0 aliphatic carbocycles. The molecule has 62 heavy (non-hydrogen) atoms. The molecule has 0 fully saturated rings. The molecule has 5 heteroatoms. The first-order valence-corrected chi connectivity index (χ1v) is 20.8. The lowest BCUT2D eigenvalue weighted by molar-refractivity contribution is 0.669. The van der Waals surface area contributed by atoms with Crippen molar-refractivity contribution in [2.24, 2.45) is 0 Å². The molecule has 5 nitrogen and oxygen atoms in total. The molecule has 0 bridgehead atoms. The summed E-state index contributed by atoms with van der Waals surface area (Å²) in [5.41, 5.74) is 14.7. The molecule has 12 rings (SSSR count). The lowest BCUT2D eigenvalue weighted by Crippen LogP contribution is -2.00. The van der Waals surface area contributed by atoms with E-state index in [1.54, 1.807) is 0 Å². The summed E-state index contributed by atoms with van der Waals surface area (Å²) in [5.74, 6) is 1.89. The van der Waals surface area contributed by atoms with E-state index in [9.17, 15) is 0 Å². The molecule has 0 radical (unpaired) electrons. The van der Waals surface area contributed by atoms with Crippen LogP contribution in [0.5, 0.6) is 0 Å².